The number of hydrogen-bond acceptors (Lipinski definition) is 4. The van der Waals surface area contributed by atoms with Gasteiger partial charge in [0.25, 0.3) is 0 Å². The predicted octanol–water partition coefficient (Wildman–Crippen LogP) is 0.900. The van der Waals surface area contributed by atoms with Crippen molar-refractivity contribution in [3.63, 3.8) is 0 Å². The highest BCUT2D eigenvalue weighted by Crippen LogP contribution is 2.16. The van der Waals surface area contributed by atoms with Gasteiger partial charge in [0, 0.05) is 31.5 Å². The summed E-state index contributed by atoms with van der Waals surface area (Å²) in [6.45, 7) is 0.663. The summed E-state index contributed by atoms with van der Waals surface area (Å²) in [6, 6.07) is 5.76. The Bertz CT molecular complexity index is 424. The van der Waals surface area contributed by atoms with Crippen molar-refractivity contribution in [2.75, 3.05) is 25.1 Å². The van der Waals surface area contributed by atoms with Crippen LogP contribution in [0.25, 0.3) is 11.3 Å². The molecule has 84 valence electrons. The van der Waals surface area contributed by atoms with E-state index < -0.39 is 0 Å². The molecule has 0 bridgehead atoms. The fraction of sp³-hybridized carbons (Fsp3) is 0.273. The van der Waals surface area contributed by atoms with Crippen LogP contribution in [0.15, 0.2) is 30.6 Å². The number of nitrogens with one attached hydrogen (secondary N) is 1. The zero-order valence-electron chi connectivity index (χ0n) is 9.09. The van der Waals surface area contributed by atoms with E-state index in [-0.39, 0.29) is 6.61 Å². The number of aromatic amines is 1. The first-order chi connectivity index (χ1) is 7.81. The van der Waals surface area contributed by atoms with Crippen molar-refractivity contribution in [3.05, 3.63) is 30.6 Å². The molecule has 2 heterocycles. The number of rotatable bonds is 4. The van der Waals surface area contributed by atoms with Gasteiger partial charge in [0.2, 0.25) is 0 Å². The highest BCUT2D eigenvalue weighted by atomic mass is 16.3. The monoisotopic (exact) mass is 218 g/mol. The van der Waals surface area contributed by atoms with Crippen LogP contribution in [0.5, 0.6) is 0 Å². The SMILES string of the molecule is CN(CCO)c1ccc(-c2cc[nH]c2)nn1. The standard InChI is InChI=1S/C11H14N4O/c1-15(6-7-16)11-3-2-10(13-14-11)9-4-5-12-8-9/h2-5,8,12,16H,6-7H2,1H3. The van der Waals surface area contributed by atoms with E-state index in [9.17, 15) is 0 Å². The lowest BCUT2D eigenvalue weighted by Gasteiger charge is -2.15. The molecule has 2 aromatic rings. The Labute approximate surface area is 93.8 Å². The van der Waals surface area contributed by atoms with Gasteiger partial charge in [0.15, 0.2) is 5.82 Å². The van der Waals surface area contributed by atoms with Crippen LogP contribution in [0.3, 0.4) is 0 Å². The molecule has 0 aromatic carbocycles. The van der Waals surface area contributed by atoms with Gasteiger partial charge in [-0.2, -0.15) is 0 Å². The highest BCUT2D eigenvalue weighted by Gasteiger charge is 2.04. The zero-order chi connectivity index (χ0) is 11.4. The van der Waals surface area contributed by atoms with Gasteiger partial charge in [0.1, 0.15) is 0 Å². The molecule has 0 saturated heterocycles. The molecular formula is C11H14N4O. The minimum Gasteiger partial charge on any atom is -0.395 e. The third-order valence-corrected chi connectivity index (χ3v) is 2.37. The topological polar surface area (TPSA) is 65.0 Å². The number of likely N-dealkylation sites (N-methyl/N-ethyl adjacent to an activating group) is 1. The summed E-state index contributed by atoms with van der Waals surface area (Å²) in [5, 5.41) is 17.0. The van der Waals surface area contributed by atoms with Crippen LogP contribution in [0.2, 0.25) is 0 Å². The second-order valence-corrected chi connectivity index (χ2v) is 3.52. The molecule has 0 aliphatic rings. The van der Waals surface area contributed by atoms with Gasteiger partial charge in [-0.25, -0.2) is 0 Å². The predicted molar refractivity (Wildman–Crippen MR) is 62.2 cm³/mol. The number of anilines is 1. The van der Waals surface area contributed by atoms with E-state index in [1.807, 2.05) is 42.5 Å². The molecule has 0 atom stereocenters. The van der Waals surface area contributed by atoms with Crippen LogP contribution < -0.4 is 4.90 Å². The van der Waals surface area contributed by atoms with Crippen LogP contribution in [0.1, 0.15) is 0 Å². The van der Waals surface area contributed by atoms with Gasteiger partial charge < -0.3 is 15.0 Å². The molecular weight excluding hydrogens is 204 g/mol. The molecule has 0 aliphatic heterocycles. The number of aliphatic hydroxyl groups is 1. The summed E-state index contributed by atoms with van der Waals surface area (Å²) in [5.74, 6) is 0.758. The number of aliphatic hydroxyl groups excluding tert-OH is 1. The van der Waals surface area contributed by atoms with E-state index >= 15 is 0 Å². The van der Waals surface area contributed by atoms with Crippen molar-refractivity contribution in [1.29, 1.82) is 0 Å². The molecule has 0 aliphatic carbocycles. The van der Waals surface area contributed by atoms with Crippen molar-refractivity contribution >= 4 is 5.82 Å². The van der Waals surface area contributed by atoms with Crippen molar-refractivity contribution < 1.29 is 5.11 Å². The fourth-order valence-electron chi connectivity index (χ4n) is 1.43. The fourth-order valence-corrected chi connectivity index (χ4v) is 1.43. The summed E-state index contributed by atoms with van der Waals surface area (Å²) < 4.78 is 0. The lowest BCUT2D eigenvalue weighted by molar-refractivity contribution is 0.303. The lowest BCUT2D eigenvalue weighted by atomic mass is 10.2. The third-order valence-electron chi connectivity index (χ3n) is 2.37. The summed E-state index contributed by atoms with van der Waals surface area (Å²) >= 11 is 0. The molecule has 5 heteroatoms. The zero-order valence-corrected chi connectivity index (χ0v) is 9.09. The molecule has 0 spiro atoms. The molecule has 2 rings (SSSR count). The van der Waals surface area contributed by atoms with E-state index in [1.165, 1.54) is 0 Å². The van der Waals surface area contributed by atoms with Crippen LogP contribution in [0.4, 0.5) is 5.82 Å². The maximum atomic E-state index is 8.81. The minimum absolute atomic E-state index is 0.109. The molecule has 5 nitrogen and oxygen atoms in total. The van der Waals surface area contributed by atoms with Gasteiger partial charge in [0.05, 0.1) is 12.3 Å². The van der Waals surface area contributed by atoms with Gasteiger partial charge in [-0.15, -0.1) is 10.2 Å². The molecule has 2 N–H and O–H groups in total. The molecule has 0 radical (unpaired) electrons. The number of H-pyrrole nitrogens is 1. The molecule has 2 aromatic heterocycles. The Balaban J connectivity index is 2.16. The van der Waals surface area contributed by atoms with Crippen molar-refractivity contribution in [2.45, 2.75) is 0 Å². The van der Waals surface area contributed by atoms with Gasteiger partial charge >= 0.3 is 0 Å². The van der Waals surface area contributed by atoms with E-state index in [2.05, 4.69) is 15.2 Å². The summed E-state index contributed by atoms with van der Waals surface area (Å²) in [5.41, 5.74) is 1.85. The maximum absolute atomic E-state index is 8.81. The average Bonchev–Trinajstić information content (AvgIpc) is 2.83. The Morgan fingerprint density at radius 1 is 1.31 bits per heavy atom. The van der Waals surface area contributed by atoms with Gasteiger partial charge in [-0.3, -0.25) is 0 Å². The van der Waals surface area contributed by atoms with E-state index in [0.29, 0.717) is 6.54 Å². The molecule has 0 unspecified atom stereocenters. The minimum atomic E-state index is 0.109. The molecule has 16 heavy (non-hydrogen) atoms. The number of nitrogens with zero attached hydrogens (tertiary/aromatic N) is 3. The lowest BCUT2D eigenvalue weighted by Crippen LogP contribution is -2.22. The number of hydrogen-bond donors (Lipinski definition) is 2. The quantitative estimate of drug-likeness (QED) is 0.800. The average molecular weight is 218 g/mol. The normalized spacial score (nSPS) is 10.4. The largest absolute Gasteiger partial charge is 0.395 e. The molecule has 0 amide bonds. The molecule has 0 saturated carbocycles. The van der Waals surface area contributed by atoms with E-state index in [1.54, 1.807) is 0 Å². The van der Waals surface area contributed by atoms with Crippen LogP contribution in [0, 0.1) is 0 Å². The van der Waals surface area contributed by atoms with Crippen LogP contribution in [-0.2, 0) is 0 Å². The van der Waals surface area contributed by atoms with Crippen LogP contribution >= 0.6 is 0 Å². The highest BCUT2D eigenvalue weighted by molar-refractivity contribution is 5.58. The van der Waals surface area contributed by atoms with E-state index in [4.69, 9.17) is 5.11 Å². The third kappa shape index (κ3) is 2.20. The van der Waals surface area contributed by atoms with Crippen molar-refractivity contribution in [2.24, 2.45) is 0 Å². The second-order valence-electron chi connectivity index (χ2n) is 3.52. The Hall–Kier alpha value is -1.88. The summed E-state index contributed by atoms with van der Waals surface area (Å²) in [6.07, 6.45) is 3.73. The Morgan fingerprint density at radius 2 is 2.19 bits per heavy atom. The first kappa shape index (κ1) is 10.6. The second kappa shape index (κ2) is 4.76. The van der Waals surface area contributed by atoms with Crippen molar-refractivity contribution in [3.8, 4) is 11.3 Å². The van der Waals surface area contributed by atoms with Gasteiger partial charge in [-0.1, -0.05) is 0 Å². The van der Waals surface area contributed by atoms with Crippen LogP contribution in [-0.4, -0.2) is 40.5 Å². The molecule has 0 fully saturated rings. The first-order valence-electron chi connectivity index (χ1n) is 5.10. The van der Waals surface area contributed by atoms with E-state index in [0.717, 1.165) is 17.1 Å². The first-order valence-corrected chi connectivity index (χ1v) is 5.10. The Kier molecular flexibility index (Phi) is 3.16. The Morgan fingerprint density at radius 3 is 2.75 bits per heavy atom. The maximum Gasteiger partial charge on any atom is 0.151 e. The smallest absolute Gasteiger partial charge is 0.151 e. The summed E-state index contributed by atoms with van der Waals surface area (Å²) in [7, 11) is 1.87. The van der Waals surface area contributed by atoms with Crippen molar-refractivity contribution in [1.82, 2.24) is 15.2 Å². The van der Waals surface area contributed by atoms with Gasteiger partial charge in [-0.05, 0) is 18.2 Å². The summed E-state index contributed by atoms with van der Waals surface area (Å²) in [4.78, 5) is 4.83. The number of aromatic nitrogens is 3.